The maximum absolute atomic E-state index is 13.7. The van der Waals surface area contributed by atoms with Gasteiger partial charge in [-0.3, -0.25) is 9.69 Å². The Kier molecular flexibility index (Phi) is 9.55. The molecule has 1 aromatic heterocycles. The van der Waals surface area contributed by atoms with Crippen molar-refractivity contribution in [2.24, 2.45) is 0 Å². The first kappa shape index (κ1) is 29.5. The van der Waals surface area contributed by atoms with Crippen molar-refractivity contribution in [3.8, 4) is 5.75 Å². The summed E-state index contributed by atoms with van der Waals surface area (Å²) in [5.41, 5.74) is -0.876. The molecular weight excluding hydrogens is 491 g/mol. The number of aromatic nitrogens is 1. The summed E-state index contributed by atoms with van der Waals surface area (Å²) in [5, 5.41) is 0. The van der Waals surface area contributed by atoms with Crippen LogP contribution in [-0.4, -0.2) is 49.9 Å². The molecule has 0 saturated carbocycles. The summed E-state index contributed by atoms with van der Waals surface area (Å²) < 4.78 is 56.9. The Balaban J connectivity index is 2.57. The molecule has 0 aliphatic heterocycles. The third-order valence-corrected chi connectivity index (χ3v) is 4.91. The van der Waals surface area contributed by atoms with Crippen molar-refractivity contribution in [2.45, 2.75) is 46.4 Å². The Morgan fingerprint density at radius 3 is 2.35 bits per heavy atom. The quantitative estimate of drug-likeness (QED) is 0.405. The summed E-state index contributed by atoms with van der Waals surface area (Å²) in [7, 11) is 2.92. The first-order valence-electron chi connectivity index (χ1n) is 11.5. The van der Waals surface area contributed by atoms with Crippen LogP contribution >= 0.6 is 0 Å². The van der Waals surface area contributed by atoms with E-state index in [4.69, 9.17) is 14.2 Å². The molecule has 0 aliphatic carbocycles. The van der Waals surface area contributed by atoms with Gasteiger partial charge in [0.05, 0.1) is 36.9 Å². The summed E-state index contributed by atoms with van der Waals surface area (Å²) in [4.78, 5) is 32.6. The molecule has 8 nitrogen and oxygen atoms in total. The van der Waals surface area contributed by atoms with E-state index < -0.39 is 41.7 Å². The van der Waals surface area contributed by atoms with E-state index in [0.29, 0.717) is 24.1 Å². The number of alkyl halides is 3. The number of carbonyl (C=O) groups excluding carboxylic acids is 2. The zero-order chi connectivity index (χ0) is 28.0. The van der Waals surface area contributed by atoms with Gasteiger partial charge in [-0.1, -0.05) is 6.07 Å². The van der Waals surface area contributed by atoms with Crippen molar-refractivity contribution in [2.75, 3.05) is 37.1 Å². The van der Waals surface area contributed by atoms with E-state index >= 15 is 0 Å². The first-order chi connectivity index (χ1) is 17.2. The number of pyridine rings is 1. The molecule has 202 valence electrons. The number of ether oxygens (including phenoxy) is 3. The van der Waals surface area contributed by atoms with Gasteiger partial charge in [-0.15, -0.1) is 0 Å². The molecule has 0 spiro atoms. The molecule has 0 atom stereocenters. The highest BCUT2D eigenvalue weighted by Crippen LogP contribution is 2.33. The van der Waals surface area contributed by atoms with Gasteiger partial charge < -0.3 is 19.1 Å². The van der Waals surface area contributed by atoms with E-state index in [1.165, 1.54) is 31.4 Å². The molecule has 0 unspecified atom stereocenters. The zero-order valence-electron chi connectivity index (χ0n) is 22.0. The van der Waals surface area contributed by atoms with Crippen molar-refractivity contribution in [3.05, 3.63) is 53.4 Å². The van der Waals surface area contributed by atoms with Gasteiger partial charge >= 0.3 is 12.3 Å². The molecule has 0 N–H and O–H groups in total. The van der Waals surface area contributed by atoms with Gasteiger partial charge in [-0.2, -0.15) is 13.2 Å². The number of hydrogen-bond acceptors (Lipinski definition) is 6. The molecule has 2 amide bonds. The van der Waals surface area contributed by atoms with Crippen LogP contribution in [0.2, 0.25) is 0 Å². The van der Waals surface area contributed by atoms with Crippen LogP contribution in [0.15, 0.2) is 36.6 Å². The van der Waals surface area contributed by atoms with E-state index in [9.17, 15) is 22.8 Å². The Bertz CT molecular complexity index is 1140. The van der Waals surface area contributed by atoms with Crippen LogP contribution in [0.25, 0.3) is 6.08 Å². The second kappa shape index (κ2) is 12.0. The Hall–Kier alpha value is -3.76. The first-order valence-corrected chi connectivity index (χ1v) is 11.5. The largest absolute Gasteiger partial charge is 0.501 e. The van der Waals surface area contributed by atoms with Crippen LogP contribution in [0.4, 0.5) is 29.5 Å². The molecule has 1 aromatic carbocycles. The van der Waals surface area contributed by atoms with Gasteiger partial charge in [0.2, 0.25) is 5.91 Å². The highest BCUT2D eigenvalue weighted by molar-refractivity contribution is 6.02. The number of rotatable bonds is 8. The maximum Gasteiger partial charge on any atom is 0.416 e. The van der Waals surface area contributed by atoms with Crippen LogP contribution in [0.5, 0.6) is 5.75 Å². The number of nitrogens with zero attached hydrogens (tertiary/aromatic N) is 3. The molecule has 11 heteroatoms. The average molecular weight is 524 g/mol. The molecule has 1 heterocycles. The standard InChI is InChI=1S/C26H32F3N3O5/c1-8-36-12-11-19-14-18(26(27,28)29)15-22(30-19)32(24(34)37-25(3,4)5)16-23(33)31(6)20-13-17(2)9-10-21(20)35-7/h9-15H,8,16H2,1-7H3/b12-11+. The monoisotopic (exact) mass is 523 g/mol. The van der Waals surface area contributed by atoms with Crippen molar-refractivity contribution < 1.29 is 37.0 Å². The Morgan fingerprint density at radius 2 is 1.78 bits per heavy atom. The van der Waals surface area contributed by atoms with E-state index in [-0.39, 0.29) is 5.69 Å². The topological polar surface area (TPSA) is 81.2 Å². The summed E-state index contributed by atoms with van der Waals surface area (Å²) in [6, 6.07) is 6.72. The predicted molar refractivity (Wildman–Crippen MR) is 135 cm³/mol. The lowest BCUT2D eigenvalue weighted by Crippen LogP contribution is -2.44. The third kappa shape index (κ3) is 8.40. The van der Waals surface area contributed by atoms with Crippen LogP contribution in [0.3, 0.4) is 0 Å². The highest BCUT2D eigenvalue weighted by atomic mass is 19.4. The van der Waals surface area contributed by atoms with Crippen molar-refractivity contribution in [3.63, 3.8) is 0 Å². The fourth-order valence-electron chi connectivity index (χ4n) is 3.13. The van der Waals surface area contributed by atoms with Crippen LogP contribution in [-0.2, 0) is 20.4 Å². The minimum atomic E-state index is -4.73. The Labute approximate surface area is 214 Å². The molecule has 2 rings (SSSR count). The predicted octanol–water partition coefficient (Wildman–Crippen LogP) is 5.83. The third-order valence-electron chi connectivity index (χ3n) is 4.91. The van der Waals surface area contributed by atoms with Crippen molar-refractivity contribution >= 4 is 29.6 Å². The normalized spacial score (nSPS) is 11.8. The van der Waals surface area contributed by atoms with Gasteiger partial charge in [0, 0.05) is 7.05 Å². The zero-order valence-corrected chi connectivity index (χ0v) is 22.0. The molecule has 0 radical (unpaired) electrons. The van der Waals surface area contributed by atoms with E-state index in [2.05, 4.69) is 4.98 Å². The Morgan fingerprint density at radius 1 is 1.11 bits per heavy atom. The maximum atomic E-state index is 13.7. The molecule has 0 fully saturated rings. The van der Waals surface area contributed by atoms with Gasteiger partial charge in [-0.05, 0) is 70.5 Å². The number of carbonyl (C=O) groups is 2. The van der Waals surface area contributed by atoms with Gasteiger partial charge in [0.1, 0.15) is 23.7 Å². The van der Waals surface area contributed by atoms with Crippen LogP contribution in [0, 0.1) is 6.92 Å². The molecule has 0 bridgehead atoms. The molecule has 0 saturated heterocycles. The van der Waals surface area contributed by atoms with Gasteiger partial charge in [0.25, 0.3) is 0 Å². The van der Waals surface area contributed by atoms with E-state index in [0.717, 1.165) is 16.5 Å². The van der Waals surface area contributed by atoms with Crippen molar-refractivity contribution in [1.82, 2.24) is 4.98 Å². The molecule has 2 aromatic rings. The summed E-state index contributed by atoms with van der Waals surface area (Å²) >= 11 is 0. The fourth-order valence-corrected chi connectivity index (χ4v) is 3.13. The molecular formula is C26H32F3N3O5. The lowest BCUT2D eigenvalue weighted by atomic mass is 10.2. The number of hydrogen-bond donors (Lipinski definition) is 0. The molecule has 0 aliphatic rings. The SMILES string of the molecule is CCO/C=C/c1cc(C(F)(F)F)cc(N(CC(=O)N(C)c2cc(C)ccc2OC)C(=O)OC(C)(C)C)n1. The summed E-state index contributed by atoms with van der Waals surface area (Å²) in [5.74, 6) is -0.607. The number of methoxy groups -OCH3 is 1. The number of amides is 2. The second-order valence-electron chi connectivity index (χ2n) is 9.09. The minimum absolute atomic E-state index is 0.118. The van der Waals surface area contributed by atoms with E-state index in [1.807, 2.05) is 6.92 Å². The molecule has 37 heavy (non-hydrogen) atoms. The summed E-state index contributed by atoms with van der Waals surface area (Å²) in [6.45, 7) is 8.00. The lowest BCUT2D eigenvalue weighted by molar-refractivity contribution is -0.137. The lowest BCUT2D eigenvalue weighted by Gasteiger charge is -2.29. The minimum Gasteiger partial charge on any atom is -0.501 e. The smallest absolute Gasteiger partial charge is 0.416 e. The van der Waals surface area contributed by atoms with E-state index in [1.54, 1.807) is 45.9 Å². The van der Waals surface area contributed by atoms with Crippen LogP contribution in [0.1, 0.15) is 44.5 Å². The summed E-state index contributed by atoms with van der Waals surface area (Å²) in [6.07, 6.45) is -3.33. The number of halogens is 3. The number of anilines is 2. The number of benzene rings is 1. The van der Waals surface area contributed by atoms with Crippen LogP contribution < -0.4 is 14.5 Å². The van der Waals surface area contributed by atoms with Crippen molar-refractivity contribution in [1.29, 1.82) is 0 Å². The fraction of sp³-hybridized carbons (Fsp3) is 0.423. The number of aryl methyl sites for hydroxylation is 1. The number of likely N-dealkylation sites (N-methyl/N-ethyl adjacent to an activating group) is 1. The second-order valence-corrected chi connectivity index (χ2v) is 9.09. The van der Waals surface area contributed by atoms with Gasteiger partial charge in [-0.25, -0.2) is 9.78 Å². The average Bonchev–Trinajstić information content (AvgIpc) is 2.80. The van der Waals surface area contributed by atoms with Gasteiger partial charge in [0.15, 0.2) is 0 Å². The highest BCUT2D eigenvalue weighted by Gasteiger charge is 2.34.